The van der Waals surface area contributed by atoms with Crippen LogP contribution in [0.1, 0.15) is 17.5 Å². The van der Waals surface area contributed by atoms with Crippen molar-refractivity contribution in [2.45, 2.75) is 24.9 Å². The third-order valence-electron chi connectivity index (χ3n) is 5.44. The van der Waals surface area contributed by atoms with E-state index in [0.29, 0.717) is 11.6 Å². The van der Waals surface area contributed by atoms with E-state index in [1.165, 1.54) is 16.9 Å². The number of rotatable bonds is 4. The van der Waals surface area contributed by atoms with E-state index >= 15 is 0 Å². The molecule has 5 rings (SSSR count). The lowest BCUT2D eigenvalue weighted by atomic mass is 10.2. The molecule has 0 amide bonds. The molecule has 0 aliphatic carbocycles. The fraction of sp³-hybridized carbons (Fsp3) is 0.167. The summed E-state index contributed by atoms with van der Waals surface area (Å²) in [5.41, 5.74) is 2.29. The first-order valence-corrected chi connectivity index (χ1v) is 13.6. The average Bonchev–Trinajstić information content (AvgIpc) is 3.46. The summed E-state index contributed by atoms with van der Waals surface area (Å²) in [4.78, 5) is 16.5. The molecule has 0 atom stereocenters. The lowest BCUT2D eigenvalue weighted by Crippen LogP contribution is -2.36. The maximum atomic E-state index is 13.4. The molecule has 1 aliphatic rings. The van der Waals surface area contributed by atoms with Crippen molar-refractivity contribution < 1.29 is 4.57 Å². The molecule has 4 aromatic rings. The zero-order chi connectivity index (χ0) is 23.1. The number of fused-ring (bicyclic) bond motifs is 1. The normalized spacial score (nSPS) is 15.4. The Balaban J connectivity index is 1.59. The van der Waals surface area contributed by atoms with Crippen molar-refractivity contribution in [2.75, 3.05) is 11.9 Å². The van der Waals surface area contributed by atoms with Gasteiger partial charge in [0, 0.05) is 34.1 Å². The molecule has 0 radical (unpaired) electrons. The van der Waals surface area contributed by atoms with Crippen LogP contribution in [0.15, 0.2) is 63.7 Å². The molecule has 2 aromatic heterocycles. The van der Waals surface area contributed by atoms with Crippen molar-refractivity contribution in [2.24, 2.45) is 0 Å². The number of halogens is 2. The Bertz CT molecular complexity index is 1520. The van der Waals surface area contributed by atoms with Crippen molar-refractivity contribution >= 4 is 74.4 Å². The van der Waals surface area contributed by atoms with Crippen molar-refractivity contribution in [3.8, 4) is 0 Å². The summed E-state index contributed by atoms with van der Waals surface area (Å²) < 4.78 is 5.74. The van der Waals surface area contributed by atoms with E-state index in [2.05, 4.69) is 27.1 Å². The first-order chi connectivity index (χ1) is 15.9. The molecule has 0 N–H and O–H groups in total. The van der Waals surface area contributed by atoms with Gasteiger partial charge in [0.25, 0.3) is 10.6 Å². The number of hydrogen-bond donors (Lipinski definition) is 0. The largest absolute Gasteiger partial charge is 0.337 e. The molecule has 2 aromatic carbocycles. The van der Waals surface area contributed by atoms with Crippen LogP contribution in [0.25, 0.3) is 11.1 Å². The summed E-state index contributed by atoms with van der Waals surface area (Å²) in [6, 6.07) is 13.7. The van der Waals surface area contributed by atoms with Crippen LogP contribution in [0.2, 0.25) is 10.0 Å². The standard InChI is InChI=1S/C24H20Cl2N3OS3/c1-3-29-21(13-20-28(10-11-31-20)14-15-4-6-16(25)7-5-15)33-22(23(29)30)24-27(2)18-9-8-17(26)12-19(18)32-24/h4-13H,3,14H2,1-2H3/q+1/b24-22+. The van der Waals surface area contributed by atoms with E-state index in [1.54, 1.807) is 23.1 Å². The van der Waals surface area contributed by atoms with E-state index in [1.807, 2.05) is 61.0 Å². The van der Waals surface area contributed by atoms with E-state index in [4.69, 9.17) is 23.2 Å². The highest BCUT2D eigenvalue weighted by atomic mass is 35.5. The van der Waals surface area contributed by atoms with Gasteiger partial charge in [-0.3, -0.25) is 9.36 Å². The summed E-state index contributed by atoms with van der Waals surface area (Å²) in [5.74, 6) is 0. The van der Waals surface area contributed by atoms with Gasteiger partial charge < -0.3 is 4.90 Å². The second kappa shape index (κ2) is 9.31. The van der Waals surface area contributed by atoms with Crippen LogP contribution in [0.5, 0.6) is 0 Å². The Morgan fingerprint density at radius 1 is 1.09 bits per heavy atom. The quantitative estimate of drug-likeness (QED) is 0.354. The molecule has 168 valence electrons. The lowest BCUT2D eigenvalue weighted by molar-refractivity contribution is -0.685. The monoisotopic (exact) mass is 532 g/mol. The van der Waals surface area contributed by atoms with Crippen molar-refractivity contribution in [1.82, 2.24) is 4.57 Å². The molecule has 0 saturated heterocycles. The predicted octanol–water partition coefficient (Wildman–Crippen LogP) is 4.77. The fourth-order valence-electron chi connectivity index (χ4n) is 3.75. The topological polar surface area (TPSA) is 29.1 Å². The van der Waals surface area contributed by atoms with Crippen molar-refractivity contribution in [3.05, 3.63) is 94.2 Å². The van der Waals surface area contributed by atoms with Crippen molar-refractivity contribution in [3.63, 3.8) is 0 Å². The predicted molar refractivity (Wildman–Crippen MR) is 141 cm³/mol. The molecule has 0 unspecified atom stereocenters. The van der Waals surface area contributed by atoms with E-state index in [9.17, 15) is 4.79 Å². The van der Waals surface area contributed by atoms with Crippen LogP contribution in [0.4, 0.5) is 5.69 Å². The van der Waals surface area contributed by atoms with Gasteiger partial charge in [-0.15, -0.1) is 11.3 Å². The average molecular weight is 534 g/mol. The summed E-state index contributed by atoms with van der Waals surface area (Å²) in [7, 11) is 2.00. The molecule has 9 heteroatoms. The second-order valence-corrected chi connectivity index (χ2v) is 11.4. The number of thiazole rings is 2. The van der Waals surface area contributed by atoms with Crippen LogP contribution in [0.3, 0.4) is 0 Å². The third kappa shape index (κ3) is 4.40. The molecular formula is C24H20Cl2N3OS3+. The van der Waals surface area contributed by atoms with Crippen LogP contribution in [0, 0.1) is 0 Å². The number of hydrogen-bond acceptors (Lipinski definition) is 5. The summed E-state index contributed by atoms with van der Waals surface area (Å²) in [5, 5.41) is 5.54. The molecule has 3 heterocycles. The summed E-state index contributed by atoms with van der Waals surface area (Å²) in [6.07, 6.45) is 4.19. The Hall–Kier alpha value is -2.03. The lowest BCUT2D eigenvalue weighted by Gasteiger charge is -2.12. The highest BCUT2D eigenvalue weighted by Gasteiger charge is 2.25. The van der Waals surface area contributed by atoms with Crippen LogP contribution >= 0.6 is 57.6 Å². The van der Waals surface area contributed by atoms with E-state index < -0.39 is 0 Å². The Morgan fingerprint density at radius 3 is 2.61 bits per heavy atom. The van der Waals surface area contributed by atoms with E-state index in [-0.39, 0.29) is 5.56 Å². The van der Waals surface area contributed by atoms with Gasteiger partial charge in [0.2, 0.25) is 0 Å². The molecule has 33 heavy (non-hydrogen) atoms. The molecule has 1 aliphatic heterocycles. The van der Waals surface area contributed by atoms with E-state index in [0.717, 1.165) is 41.4 Å². The van der Waals surface area contributed by atoms with Gasteiger partial charge in [0.05, 0.1) is 17.1 Å². The van der Waals surface area contributed by atoms with Gasteiger partial charge >= 0.3 is 0 Å². The zero-order valence-corrected chi connectivity index (χ0v) is 21.9. The SMILES string of the molecule is CCn1c(=O)/c(=C2\Sc3cc(Cl)ccc3N2C)s/c1=C\c1scc[n+]1Cc1ccc(Cl)cc1. The fourth-order valence-corrected chi connectivity index (χ4v) is 7.47. The van der Waals surface area contributed by atoms with Crippen molar-refractivity contribution in [1.29, 1.82) is 0 Å². The number of thioether (sulfide) groups is 1. The van der Waals surface area contributed by atoms with Gasteiger partial charge in [0.15, 0.2) is 12.7 Å². The van der Waals surface area contributed by atoms with Gasteiger partial charge in [-0.05, 0) is 37.3 Å². The van der Waals surface area contributed by atoms with Gasteiger partial charge in [-0.25, -0.2) is 0 Å². The highest BCUT2D eigenvalue weighted by Crippen LogP contribution is 2.46. The van der Waals surface area contributed by atoms with Gasteiger partial charge in [0.1, 0.15) is 14.2 Å². The summed E-state index contributed by atoms with van der Waals surface area (Å²) >= 11 is 17.0. The van der Waals surface area contributed by atoms with Gasteiger partial charge in [-0.1, -0.05) is 58.4 Å². The number of nitrogens with zero attached hydrogens (tertiary/aromatic N) is 3. The maximum Gasteiger partial charge on any atom is 0.271 e. The number of aromatic nitrogens is 2. The minimum atomic E-state index is 0.0443. The van der Waals surface area contributed by atoms with Crippen LogP contribution < -0.4 is 24.2 Å². The minimum absolute atomic E-state index is 0.0443. The first kappa shape index (κ1) is 22.7. The number of anilines is 1. The first-order valence-electron chi connectivity index (χ1n) is 10.3. The Kier molecular flexibility index (Phi) is 6.42. The molecule has 0 spiro atoms. The summed E-state index contributed by atoms with van der Waals surface area (Å²) in [6.45, 7) is 3.37. The molecule has 4 nitrogen and oxygen atoms in total. The highest BCUT2D eigenvalue weighted by molar-refractivity contribution is 8.08. The molecular weight excluding hydrogens is 513 g/mol. The maximum absolute atomic E-state index is 13.4. The second-order valence-electron chi connectivity index (χ2n) is 7.54. The van der Waals surface area contributed by atoms with Crippen LogP contribution in [-0.2, 0) is 13.1 Å². The van der Waals surface area contributed by atoms with Gasteiger partial charge in [-0.2, -0.15) is 4.57 Å². The number of benzene rings is 2. The Morgan fingerprint density at radius 2 is 1.85 bits per heavy atom. The Labute approximate surface area is 213 Å². The zero-order valence-electron chi connectivity index (χ0n) is 17.9. The molecule has 0 saturated carbocycles. The molecule has 0 bridgehead atoms. The molecule has 0 fully saturated rings. The third-order valence-corrected chi connectivity index (χ3v) is 9.25. The van der Waals surface area contributed by atoms with Crippen LogP contribution in [-0.4, -0.2) is 11.6 Å². The smallest absolute Gasteiger partial charge is 0.271 e. The minimum Gasteiger partial charge on any atom is -0.337 e.